The summed E-state index contributed by atoms with van der Waals surface area (Å²) in [6, 6.07) is 5.14. The third-order valence-electron chi connectivity index (χ3n) is 2.25. The average Bonchev–Trinajstić information content (AvgIpc) is 3.34. The first-order valence-electron chi connectivity index (χ1n) is 6.57. The number of carbonyl (C=O) groups excluding carboxylic acids is 2. The van der Waals surface area contributed by atoms with Crippen LogP contribution in [0.5, 0.6) is 0 Å². The third-order valence-corrected chi connectivity index (χ3v) is 2.25. The quantitative estimate of drug-likeness (QED) is 0.479. The number of aromatic carboxylic acids is 2. The summed E-state index contributed by atoms with van der Waals surface area (Å²) in [7, 11) is 1.00. The van der Waals surface area contributed by atoms with Gasteiger partial charge in [0, 0.05) is 18.2 Å². The van der Waals surface area contributed by atoms with E-state index in [0.717, 1.165) is 19.2 Å². The normalized spacial score (nSPS) is 8.25. The van der Waals surface area contributed by atoms with Gasteiger partial charge in [0.15, 0.2) is 0 Å². The number of carboxylic acids is 2. The summed E-state index contributed by atoms with van der Waals surface area (Å²) in [5.41, 5.74) is -0.727. The van der Waals surface area contributed by atoms with E-state index in [1.54, 1.807) is 12.7 Å². The van der Waals surface area contributed by atoms with E-state index in [9.17, 15) is 19.8 Å². The Balaban J connectivity index is 0.000000362. The maximum absolute atomic E-state index is 10.3. The van der Waals surface area contributed by atoms with Crippen LogP contribution < -0.4 is 20.2 Å². The zero-order chi connectivity index (χ0) is 18.2. The zero-order valence-corrected chi connectivity index (χ0v) is 12.9. The van der Waals surface area contributed by atoms with E-state index in [4.69, 9.17) is 5.11 Å². The third kappa shape index (κ3) is 8.74. The van der Waals surface area contributed by atoms with Gasteiger partial charge in [-0.05, 0) is 0 Å². The van der Waals surface area contributed by atoms with Crippen LogP contribution in [-0.2, 0) is 0 Å². The molecule has 9 heteroatoms. The Hall–Kier alpha value is -3.46. The van der Waals surface area contributed by atoms with Crippen LogP contribution >= 0.6 is 0 Å². The minimum absolute atomic E-state index is 0.363. The number of aliphatic hydroxyl groups excluding tert-OH is 1. The lowest BCUT2D eigenvalue weighted by Gasteiger charge is -2.09. The Kier molecular flexibility index (Phi) is 11.3. The maximum Gasteiger partial charge on any atom is 0.239 e. The second kappa shape index (κ2) is 13.2. The van der Waals surface area contributed by atoms with Crippen molar-refractivity contribution in [3.8, 4) is 0 Å². The second-order valence-electron chi connectivity index (χ2n) is 3.74. The van der Waals surface area contributed by atoms with E-state index >= 15 is 0 Å². The second-order valence-corrected chi connectivity index (χ2v) is 3.74. The Bertz CT molecular complexity index is 575. The Morgan fingerprint density at radius 1 is 0.875 bits per heavy atom. The number of benzene rings is 1. The van der Waals surface area contributed by atoms with Crippen molar-refractivity contribution in [1.82, 2.24) is 9.97 Å². The largest absolute Gasteiger partial charge is 0.545 e. The Labute approximate surface area is 137 Å². The van der Waals surface area contributed by atoms with Gasteiger partial charge in [-0.2, -0.15) is 0 Å². The summed E-state index contributed by atoms with van der Waals surface area (Å²) in [5, 5.41) is 27.6. The van der Waals surface area contributed by atoms with E-state index in [1.165, 1.54) is 12.1 Å². The van der Waals surface area contributed by atoms with Crippen molar-refractivity contribution in [3.05, 3.63) is 72.8 Å². The molecule has 3 aromatic rings. The molecule has 128 valence electrons. The van der Waals surface area contributed by atoms with Crippen LogP contribution in [0, 0.1) is 0 Å². The van der Waals surface area contributed by atoms with Crippen LogP contribution in [0.1, 0.15) is 20.7 Å². The SMILES string of the molecule is CO.O=C([O-])c1ccccc1C(=O)[O-].c1c[nH+]c[nH]1.c1c[nH+]c[nH]1. The molecular formula is C15H18N4O5. The number of imidazole rings is 2. The van der Waals surface area contributed by atoms with Crippen molar-refractivity contribution in [2.75, 3.05) is 7.11 Å². The fourth-order valence-electron chi connectivity index (χ4n) is 1.32. The maximum atomic E-state index is 10.3. The number of rotatable bonds is 2. The van der Waals surface area contributed by atoms with Crippen molar-refractivity contribution in [2.24, 2.45) is 0 Å². The topological polar surface area (TPSA) is 160 Å². The predicted molar refractivity (Wildman–Crippen MR) is 77.9 cm³/mol. The van der Waals surface area contributed by atoms with Crippen molar-refractivity contribution in [1.29, 1.82) is 0 Å². The highest BCUT2D eigenvalue weighted by Crippen LogP contribution is 2.05. The van der Waals surface area contributed by atoms with Crippen LogP contribution in [0.25, 0.3) is 0 Å². The summed E-state index contributed by atoms with van der Waals surface area (Å²) in [6.45, 7) is 0. The molecule has 0 spiro atoms. The summed E-state index contributed by atoms with van der Waals surface area (Å²) in [6.07, 6.45) is 10.8. The van der Waals surface area contributed by atoms with Gasteiger partial charge in [0.2, 0.25) is 12.7 Å². The van der Waals surface area contributed by atoms with Gasteiger partial charge in [-0.15, -0.1) is 0 Å². The molecule has 0 saturated heterocycles. The molecule has 0 radical (unpaired) electrons. The first-order valence-corrected chi connectivity index (χ1v) is 6.57. The number of aromatic amines is 4. The van der Waals surface area contributed by atoms with Gasteiger partial charge >= 0.3 is 0 Å². The number of carbonyl (C=O) groups is 2. The molecule has 0 bridgehead atoms. The predicted octanol–water partition coefficient (Wildman–Crippen LogP) is -2.32. The average molecular weight is 334 g/mol. The highest BCUT2D eigenvalue weighted by Gasteiger charge is 2.01. The van der Waals surface area contributed by atoms with Gasteiger partial charge in [-0.1, -0.05) is 24.3 Å². The van der Waals surface area contributed by atoms with E-state index in [0.29, 0.717) is 0 Å². The fourth-order valence-corrected chi connectivity index (χ4v) is 1.32. The lowest BCUT2D eigenvalue weighted by atomic mass is 10.1. The van der Waals surface area contributed by atoms with Crippen molar-refractivity contribution >= 4 is 11.9 Å². The molecular weight excluding hydrogens is 316 g/mol. The van der Waals surface area contributed by atoms with E-state index in [-0.39, 0.29) is 11.1 Å². The van der Waals surface area contributed by atoms with Crippen LogP contribution in [-0.4, -0.2) is 34.1 Å². The molecule has 0 fully saturated rings. The molecule has 0 saturated carbocycles. The number of aromatic nitrogens is 4. The molecule has 0 aliphatic heterocycles. The number of carboxylic acid groups (broad SMARTS) is 2. The van der Waals surface area contributed by atoms with Gasteiger partial charge < -0.3 is 24.9 Å². The van der Waals surface area contributed by atoms with Crippen LogP contribution in [0.3, 0.4) is 0 Å². The molecule has 24 heavy (non-hydrogen) atoms. The van der Waals surface area contributed by atoms with Crippen molar-refractivity contribution in [2.45, 2.75) is 0 Å². The van der Waals surface area contributed by atoms with Crippen LogP contribution in [0.4, 0.5) is 0 Å². The Morgan fingerprint density at radius 2 is 1.25 bits per heavy atom. The number of hydrogen-bond acceptors (Lipinski definition) is 5. The number of H-pyrrole nitrogens is 4. The standard InChI is InChI=1S/C8H6O4.2C3H4N2.CH4O/c9-7(10)5-3-1-2-4-6(5)8(11)12;2*1-2-5-3-4-1;1-2/h1-4H,(H,9,10)(H,11,12);2*1-3H,(H,4,5);2H,1H3. The van der Waals surface area contributed by atoms with Gasteiger partial charge in [0.25, 0.3) is 0 Å². The summed E-state index contributed by atoms with van der Waals surface area (Å²) in [5.74, 6) is -3.04. The minimum atomic E-state index is -1.52. The van der Waals surface area contributed by atoms with Crippen LogP contribution in [0.15, 0.2) is 61.7 Å². The highest BCUT2D eigenvalue weighted by atomic mass is 16.4. The molecule has 1 aromatic carbocycles. The minimum Gasteiger partial charge on any atom is -0.545 e. The van der Waals surface area contributed by atoms with E-state index in [2.05, 4.69) is 19.9 Å². The highest BCUT2D eigenvalue weighted by molar-refractivity contribution is 5.99. The smallest absolute Gasteiger partial charge is 0.239 e. The lowest BCUT2D eigenvalue weighted by molar-refractivity contribution is -0.376. The van der Waals surface area contributed by atoms with Gasteiger partial charge in [0.1, 0.15) is 24.8 Å². The van der Waals surface area contributed by atoms with Crippen molar-refractivity contribution in [3.63, 3.8) is 0 Å². The number of hydrogen-bond donors (Lipinski definition) is 3. The number of nitrogens with one attached hydrogen (secondary N) is 4. The first-order chi connectivity index (χ1) is 11.6. The summed E-state index contributed by atoms with van der Waals surface area (Å²) in [4.78, 5) is 31.9. The Morgan fingerprint density at radius 3 is 1.42 bits per heavy atom. The zero-order valence-electron chi connectivity index (χ0n) is 12.9. The molecule has 0 amide bonds. The van der Waals surface area contributed by atoms with E-state index in [1.807, 2.05) is 24.8 Å². The van der Waals surface area contributed by atoms with Gasteiger partial charge in [-0.3, -0.25) is 19.9 Å². The molecule has 3 rings (SSSR count). The molecule has 2 heterocycles. The number of aliphatic hydroxyl groups is 1. The van der Waals surface area contributed by atoms with Crippen LogP contribution in [0.2, 0.25) is 0 Å². The van der Waals surface area contributed by atoms with Gasteiger partial charge in [-0.25, -0.2) is 0 Å². The molecule has 0 unspecified atom stereocenters. The fraction of sp³-hybridized carbons (Fsp3) is 0.0667. The molecule has 0 atom stereocenters. The van der Waals surface area contributed by atoms with Gasteiger partial charge in [0.05, 0.1) is 11.9 Å². The molecule has 5 N–H and O–H groups in total. The van der Waals surface area contributed by atoms with E-state index < -0.39 is 11.9 Å². The molecule has 2 aromatic heterocycles. The molecule has 0 aliphatic rings. The monoisotopic (exact) mass is 334 g/mol. The first kappa shape index (κ1) is 20.5. The summed E-state index contributed by atoms with van der Waals surface area (Å²) < 4.78 is 0. The lowest BCUT2D eigenvalue weighted by Crippen LogP contribution is -2.29. The van der Waals surface area contributed by atoms with Crippen molar-refractivity contribution < 1.29 is 34.9 Å². The molecule has 0 aliphatic carbocycles. The summed E-state index contributed by atoms with van der Waals surface area (Å²) >= 11 is 0. The molecule has 9 nitrogen and oxygen atoms in total.